The normalized spacial score (nSPS) is 13.6. The van der Waals surface area contributed by atoms with Gasteiger partial charge in [0, 0.05) is 0 Å². The summed E-state index contributed by atoms with van der Waals surface area (Å²) in [5.41, 5.74) is 0. The van der Waals surface area contributed by atoms with Crippen molar-refractivity contribution in [2.75, 3.05) is 20.3 Å². The molecule has 0 aromatic rings. The second-order valence-corrected chi connectivity index (χ2v) is 3.63. The van der Waals surface area contributed by atoms with Gasteiger partial charge >= 0.3 is 60.8 Å². The molecular weight excluding hydrogens is 155 g/mol. The summed E-state index contributed by atoms with van der Waals surface area (Å²) >= 11 is 0. The first-order valence-electron chi connectivity index (χ1n) is 3.24. The fourth-order valence-electron chi connectivity index (χ4n) is 0.524. The molecule has 0 aliphatic heterocycles. The molecule has 0 aromatic heterocycles. The fraction of sp³-hybridized carbons (Fsp3) is 1.00. The van der Waals surface area contributed by atoms with Gasteiger partial charge in [0.2, 0.25) is 0 Å². The van der Waals surface area contributed by atoms with Gasteiger partial charge in [-0.15, -0.1) is 0 Å². The van der Waals surface area contributed by atoms with Gasteiger partial charge in [-0.25, -0.2) is 0 Å². The van der Waals surface area contributed by atoms with Crippen LogP contribution in [0.15, 0.2) is 0 Å². The van der Waals surface area contributed by atoms with Gasteiger partial charge in [-0.3, -0.25) is 0 Å². The zero-order valence-electron chi connectivity index (χ0n) is 6.59. The monoisotopic (exact) mass is 170 g/mol. The molecule has 0 unspecified atom stereocenters. The zero-order valence-corrected chi connectivity index (χ0v) is 7.59. The van der Waals surface area contributed by atoms with Crippen LogP contribution in [0.5, 0.6) is 0 Å². The number of hydrogen-bond donors (Lipinski definition) is 1. The maximum atomic E-state index is 9.29. The third-order valence-electron chi connectivity index (χ3n) is 0.911. The Morgan fingerprint density at radius 3 is 1.80 bits per heavy atom. The molecule has 0 aromatic carbocycles. The van der Waals surface area contributed by atoms with E-state index >= 15 is 0 Å². The van der Waals surface area contributed by atoms with Crippen LogP contribution in [-0.4, -0.2) is 25.2 Å². The molecule has 0 radical (unpaired) electrons. The summed E-state index contributed by atoms with van der Waals surface area (Å²) in [6, 6.07) is 0. The van der Waals surface area contributed by atoms with Crippen LogP contribution in [0.1, 0.15) is 13.8 Å². The Balaban J connectivity index is 3.69. The first-order valence-corrected chi connectivity index (χ1v) is 4.91. The molecule has 0 aliphatic rings. The van der Waals surface area contributed by atoms with Crippen molar-refractivity contribution in [3.05, 3.63) is 0 Å². The minimum absolute atomic E-state index is 0.399. The van der Waals surface area contributed by atoms with Crippen LogP contribution in [0, 0.1) is 0 Å². The quantitative estimate of drug-likeness (QED) is 0.628. The molecule has 0 aliphatic carbocycles. The van der Waals surface area contributed by atoms with Crippen LogP contribution < -0.4 is 0 Å². The van der Waals surface area contributed by atoms with Crippen LogP contribution in [0.3, 0.4) is 0 Å². The Bertz CT molecular complexity index is 81.7. The Kier molecular flexibility index (Phi) is 5.13. The van der Waals surface area contributed by atoms with E-state index in [4.69, 9.17) is 9.05 Å². The number of hydrogen-bond acceptors (Lipinski definition) is 4. The van der Waals surface area contributed by atoms with Crippen molar-refractivity contribution in [2.45, 2.75) is 13.8 Å². The minimum atomic E-state index is -3.22. The van der Waals surface area contributed by atoms with E-state index in [2.05, 4.69) is 4.52 Å². The predicted octanol–water partition coefficient (Wildman–Crippen LogP) is 1.11. The second-order valence-electron chi connectivity index (χ2n) is 1.59. The van der Waals surface area contributed by atoms with Crippen molar-refractivity contribution in [3.63, 3.8) is 0 Å². The van der Waals surface area contributed by atoms with E-state index in [-0.39, 0.29) is 0 Å². The topological polar surface area (TPSA) is 47.9 Å². The first-order chi connectivity index (χ1) is 4.68. The summed E-state index contributed by atoms with van der Waals surface area (Å²) in [5.74, 6) is 0. The third kappa shape index (κ3) is 3.44. The molecule has 0 spiro atoms. The third-order valence-corrected chi connectivity index (χ3v) is 2.73. The van der Waals surface area contributed by atoms with Gasteiger partial charge < -0.3 is 0 Å². The molecular formula is C5H15O4P. The van der Waals surface area contributed by atoms with Crippen LogP contribution in [0.4, 0.5) is 0 Å². The van der Waals surface area contributed by atoms with Crippen LogP contribution in [0.2, 0.25) is 0 Å². The van der Waals surface area contributed by atoms with Gasteiger partial charge in [-0.2, -0.15) is 0 Å². The van der Waals surface area contributed by atoms with Crippen molar-refractivity contribution in [3.8, 4) is 0 Å². The summed E-state index contributed by atoms with van der Waals surface area (Å²) in [7, 11) is -1.85. The van der Waals surface area contributed by atoms with E-state index < -0.39 is 8.17 Å². The molecule has 4 nitrogen and oxygen atoms in total. The Labute approximate surface area is 61.8 Å². The molecule has 64 valence electrons. The average molecular weight is 170 g/mol. The van der Waals surface area contributed by atoms with Crippen molar-refractivity contribution in [1.29, 1.82) is 0 Å². The zero-order chi connectivity index (χ0) is 8.04. The molecule has 0 bridgehead atoms. The molecule has 0 saturated carbocycles. The Morgan fingerprint density at radius 1 is 1.20 bits per heavy atom. The van der Waals surface area contributed by atoms with E-state index in [1.54, 1.807) is 13.8 Å². The van der Waals surface area contributed by atoms with Gasteiger partial charge in [0.1, 0.15) is 0 Å². The van der Waals surface area contributed by atoms with Crippen LogP contribution in [-0.2, 0) is 13.6 Å². The molecule has 0 atom stereocenters. The maximum absolute atomic E-state index is 9.29. The molecule has 5 heteroatoms. The molecule has 0 heterocycles. The van der Waals surface area contributed by atoms with E-state index in [0.717, 1.165) is 0 Å². The summed E-state index contributed by atoms with van der Waals surface area (Å²) in [6.45, 7) is 4.35. The van der Waals surface area contributed by atoms with Crippen molar-refractivity contribution >= 4 is 8.17 Å². The molecule has 10 heavy (non-hydrogen) atoms. The van der Waals surface area contributed by atoms with Crippen molar-refractivity contribution < 1.29 is 18.5 Å². The summed E-state index contributed by atoms with van der Waals surface area (Å²) in [4.78, 5) is 9.29. The summed E-state index contributed by atoms with van der Waals surface area (Å²) in [5, 5.41) is 0. The number of rotatable bonds is 5. The van der Waals surface area contributed by atoms with Crippen molar-refractivity contribution in [1.82, 2.24) is 0 Å². The molecule has 0 saturated heterocycles. The summed E-state index contributed by atoms with van der Waals surface area (Å²) in [6.07, 6.45) is 0. The predicted molar refractivity (Wildman–Crippen MR) is 40.8 cm³/mol. The van der Waals surface area contributed by atoms with Crippen molar-refractivity contribution in [2.24, 2.45) is 0 Å². The first kappa shape index (κ1) is 10.3. The van der Waals surface area contributed by atoms with Gasteiger partial charge in [-0.1, -0.05) is 0 Å². The van der Waals surface area contributed by atoms with Gasteiger partial charge in [0.25, 0.3) is 0 Å². The van der Waals surface area contributed by atoms with E-state index in [9.17, 15) is 4.89 Å². The van der Waals surface area contributed by atoms with Crippen LogP contribution in [0.25, 0.3) is 0 Å². The molecule has 0 fully saturated rings. The Morgan fingerprint density at radius 2 is 1.60 bits per heavy atom. The van der Waals surface area contributed by atoms with Gasteiger partial charge in [0.15, 0.2) is 0 Å². The fourth-order valence-corrected chi connectivity index (χ4v) is 1.57. The second kappa shape index (κ2) is 4.99. The van der Waals surface area contributed by atoms with Gasteiger partial charge in [-0.05, 0) is 0 Å². The molecule has 1 N–H and O–H groups in total. The standard InChI is InChI=1S/C5H15O4P/c1-4-8-10(6,7-3)9-5-2/h6,10H,4-5H2,1-3H3. The average Bonchev–Trinajstić information content (AvgIpc) is 1.89. The Hall–Kier alpha value is 0.270. The SMILES string of the molecule is CCO[PH](O)(OC)OCC. The molecule has 0 amide bonds. The van der Waals surface area contributed by atoms with Crippen LogP contribution >= 0.6 is 8.17 Å². The van der Waals surface area contributed by atoms with E-state index in [1.807, 2.05) is 0 Å². The molecule has 0 rings (SSSR count). The van der Waals surface area contributed by atoms with E-state index in [1.165, 1.54) is 7.11 Å². The summed E-state index contributed by atoms with van der Waals surface area (Å²) < 4.78 is 14.4. The van der Waals surface area contributed by atoms with Gasteiger partial charge in [0.05, 0.1) is 0 Å². The van der Waals surface area contributed by atoms with E-state index in [0.29, 0.717) is 13.2 Å².